The molecule has 5 nitrogen and oxygen atoms in total. The third kappa shape index (κ3) is 2.12. The van der Waals surface area contributed by atoms with E-state index < -0.39 is 0 Å². The van der Waals surface area contributed by atoms with Gasteiger partial charge in [-0.25, -0.2) is 4.98 Å². The number of aromatic nitrogens is 2. The van der Waals surface area contributed by atoms with Gasteiger partial charge in [0.05, 0.1) is 0 Å². The Balaban J connectivity index is 2.51. The zero-order valence-corrected chi connectivity index (χ0v) is 10.5. The van der Waals surface area contributed by atoms with Gasteiger partial charge >= 0.3 is 0 Å². The summed E-state index contributed by atoms with van der Waals surface area (Å²) in [6.45, 7) is 0.424. The van der Waals surface area contributed by atoms with Crippen molar-refractivity contribution in [2.75, 3.05) is 11.9 Å². The summed E-state index contributed by atoms with van der Waals surface area (Å²) in [4.78, 5) is 17.9. The molecule has 1 aromatic carbocycles. The molecule has 0 bridgehead atoms. The summed E-state index contributed by atoms with van der Waals surface area (Å²) in [5, 5.41) is 0. The first-order valence-electron chi connectivity index (χ1n) is 5.68. The fourth-order valence-electron chi connectivity index (χ4n) is 1.84. The maximum Gasteiger partial charge on any atom is 0.293 e. The van der Waals surface area contributed by atoms with Crippen LogP contribution in [0.3, 0.4) is 0 Å². The van der Waals surface area contributed by atoms with Crippen LogP contribution < -0.4 is 16.2 Å². The Kier molecular flexibility index (Phi) is 3.43. The Morgan fingerprint density at radius 1 is 1.39 bits per heavy atom. The van der Waals surface area contributed by atoms with Gasteiger partial charge in [0, 0.05) is 38.7 Å². The molecule has 94 valence electrons. The molecule has 0 unspecified atom stereocenters. The second-order valence-corrected chi connectivity index (χ2v) is 4.06. The number of benzene rings is 1. The second-order valence-electron chi connectivity index (χ2n) is 4.06. The highest BCUT2D eigenvalue weighted by molar-refractivity contribution is 5.62. The monoisotopic (exact) mass is 244 g/mol. The van der Waals surface area contributed by atoms with E-state index >= 15 is 0 Å². The van der Waals surface area contributed by atoms with Gasteiger partial charge in [-0.1, -0.05) is 18.2 Å². The van der Waals surface area contributed by atoms with Crippen LogP contribution in [-0.4, -0.2) is 16.6 Å². The van der Waals surface area contributed by atoms with Crippen LogP contribution in [0.4, 0.5) is 11.5 Å². The first-order chi connectivity index (χ1) is 8.65. The largest absolute Gasteiger partial charge is 0.326 e. The van der Waals surface area contributed by atoms with Crippen molar-refractivity contribution in [3.05, 3.63) is 52.6 Å². The molecule has 0 aliphatic carbocycles. The van der Waals surface area contributed by atoms with E-state index in [0.29, 0.717) is 12.4 Å². The molecular formula is C13H16N4O. The van der Waals surface area contributed by atoms with E-state index in [-0.39, 0.29) is 5.56 Å². The summed E-state index contributed by atoms with van der Waals surface area (Å²) in [6.07, 6.45) is 3.24. The lowest BCUT2D eigenvalue weighted by molar-refractivity contribution is 0.832. The number of nitrogens with two attached hydrogens (primary N) is 1. The Hall–Kier alpha value is -2.14. The molecule has 0 spiro atoms. The van der Waals surface area contributed by atoms with Crippen molar-refractivity contribution in [3.8, 4) is 0 Å². The number of hydrogen-bond donors (Lipinski definition) is 1. The van der Waals surface area contributed by atoms with E-state index in [2.05, 4.69) is 4.98 Å². The predicted molar refractivity (Wildman–Crippen MR) is 71.9 cm³/mol. The van der Waals surface area contributed by atoms with Crippen LogP contribution in [-0.2, 0) is 13.6 Å². The molecule has 0 saturated heterocycles. The van der Waals surface area contributed by atoms with Crippen molar-refractivity contribution >= 4 is 11.5 Å². The molecule has 1 aromatic heterocycles. The number of rotatable bonds is 3. The normalized spacial score (nSPS) is 10.4. The predicted octanol–water partition coefficient (Wildman–Crippen LogP) is 1.01. The van der Waals surface area contributed by atoms with Crippen molar-refractivity contribution in [1.29, 1.82) is 0 Å². The van der Waals surface area contributed by atoms with Gasteiger partial charge in [-0.05, 0) is 11.6 Å². The van der Waals surface area contributed by atoms with Gasteiger partial charge in [-0.15, -0.1) is 0 Å². The molecule has 0 aliphatic rings. The van der Waals surface area contributed by atoms with Crippen molar-refractivity contribution in [2.24, 2.45) is 12.8 Å². The average molecular weight is 244 g/mol. The Morgan fingerprint density at radius 3 is 2.83 bits per heavy atom. The summed E-state index contributed by atoms with van der Waals surface area (Å²) in [5.74, 6) is 0.390. The van der Waals surface area contributed by atoms with E-state index in [9.17, 15) is 4.79 Å². The maximum absolute atomic E-state index is 12.0. The zero-order chi connectivity index (χ0) is 13.1. The molecular weight excluding hydrogens is 228 g/mol. The summed E-state index contributed by atoms with van der Waals surface area (Å²) in [7, 11) is 3.52. The van der Waals surface area contributed by atoms with Crippen LogP contribution in [0.1, 0.15) is 5.56 Å². The van der Waals surface area contributed by atoms with Crippen LogP contribution in [0.2, 0.25) is 0 Å². The Bertz CT molecular complexity index is 606. The fourth-order valence-corrected chi connectivity index (χ4v) is 1.84. The average Bonchev–Trinajstić information content (AvgIpc) is 2.41. The molecule has 2 aromatic rings. The maximum atomic E-state index is 12.0. The van der Waals surface area contributed by atoms with Crippen molar-refractivity contribution in [1.82, 2.24) is 9.55 Å². The van der Waals surface area contributed by atoms with Crippen LogP contribution in [0.5, 0.6) is 0 Å². The molecule has 2 N–H and O–H groups in total. The summed E-state index contributed by atoms with van der Waals surface area (Å²) < 4.78 is 1.50. The first kappa shape index (κ1) is 12.3. The quantitative estimate of drug-likeness (QED) is 0.875. The molecule has 0 saturated carbocycles. The van der Waals surface area contributed by atoms with Crippen molar-refractivity contribution in [3.63, 3.8) is 0 Å². The highest BCUT2D eigenvalue weighted by Gasteiger charge is 2.12. The molecule has 1 heterocycles. The third-order valence-electron chi connectivity index (χ3n) is 2.89. The lowest BCUT2D eigenvalue weighted by Gasteiger charge is -2.20. The molecule has 0 atom stereocenters. The topological polar surface area (TPSA) is 64.2 Å². The highest BCUT2D eigenvalue weighted by atomic mass is 16.1. The van der Waals surface area contributed by atoms with E-state index in [1.165, 1.54) is 4.57 Å². The fraction of sp³-hybridized carbons (Fsp3) is 0.231. The summed E-state index contributed by atoms with van der Waals surface area (Å²) in [5.41, 5.74) is 7.45. The molecule has 5 heteroatoms. The van der Waals surface area contributed by atoms with Crippen LogP contribution in [0, 0.1) is 0 Å². The van der Waals surface area contributed by atoms with Crippen LogP contribution in [0.25, 0.3) is 0 Å². The summed E-state index contributed by atoms with van der Waals surface area (Å²) in [6, 6.07) is 7.71. The second kappa shape index (κ2) is 5.01. The summed E-state index contributed by atoms with van der Waals surface area (Å²) >= 11 is 0. The SMILES string of the molecule is CN(c1ccccc1CN)c1nccn(C)c1=O. The highest BCUT2D eigenvalue weighted by Crippen LogP contribution is 2.22. The number of aryl methyl sites for hydroxylation is 1. The molecule has 0 aliphatic heterocycles. The zero-order valence-electron chi connectivity index (χ0n) is 10.5. The van der Waals surface area contributed by atoms with Gasteiger partial charge < -0.3 is 15.2 Å². The molecule has 0 fully saturated rings. The van der Waals surface area contributed by atoms with Gasteiger partial charge in [0.25, 0.3) is 5.56 Å². The third-order valence-corrected chi connectivity index (χ3v) is 2.89. The smallest absolute Gasteiger partial charge is 0.293 e. The van der Waals surface area contributed by atoms with Crippen molar-refractivity contribution in [2.45, 2.75) is 6.54 Å². The van der Waals surface area contributed by atoms with Crippen LogP contribution >= 0.6 is 0 Å². The first-order valence-corrected chi connectivity index (χ1v) is 5.68. The lowest BCUT2D eigenvalue weighted by atomic mass is 10.1. The molecule has 18 heavy (non-hydrogen) atoms. The molecule has 0 radical (unpaired) electrons. The lowest BCUT2D eigenvalue weighted by Crippen LogP contribution is -2.27. The number of hydrogen-bond acceptors (Lipinski definition) is 4. The van der Waals surface area contributed by atoms with E-state index in [1.54, 1.807) is 24.3 Å². The molecule has 2 rings (SSSR count). The van der Waals surface area contributed by atoms with Crippen molar-refractivity contribution < 1.29 is 0 Å². The van der Waals surface area contributed by atoms with Gasteiger partial charge in [0.2, 0.25) is 0 Å². The van der Waals surface area contributed by atoms with Gasteiger partial charge in [-0.3, -0.25) is 4.79 Å². The van der Waals surface area contributed by atoms with E-state index in [4.69, 9.17) is 5.73 Å². The number of para-hydroxylation sites is 1. The minimum Gasteiger partial charge on any atom is -0.326 e. The van der Waals surface area contributed by atoms with Gasteiger partial charge in [0.1, 0.15) is 0 Å². The minimum absolute atomic E-state index is 0.133. The number of anilines is 2. The molecule has 0 amide bonds. The van der Waals surface area contributed by atoms with Crippen LogP contribution in [0.15, 0.2) is 41.5 Å². The Labute approximate surface area is 105 Å². The van der Waals surface area contributed by atoms with Gasteiger partial charge in [0.15, 0.2) is 5.82 Å². The van der Waals surface area contributed by atoms with E-state index in [1.807, 2.05) is 31.3 Å². The standard InChI is InChI=1S/C13H16N4O/c1-16-8-7-15-12(13(16)18)17(2)11-6-4-3-5-10(11)9-14/h3-8H,9,14H2,1-2H3. The van der Waals surface area contributed by atoms with Gasteiger partial charge in [-0.2, -0.15) is 0 Å². The van der Waals surface area contributed by atoms with E-state index in [0.717, 1.165) is 11.3 Å². The minimum atomic E-state index is -0.133. The number of nitrogens with zero attached hydrogens (tertiary/aromatic N) is 3. The Morgan fingerprint density at radius 2 is 2.11 bits per heavy atom.